The number of phenolic OH excluding ortho intramolecular Hbond substituents is 1. The Bertz CT molecular complexity index is 1020. The molecule has 3 aromatic carbocycles. The number of phenols is 1. The molecule has 0 spiro atoms. The fourth-order valence-corrected chi connectivity index (χ4v) is 3.52. The van der Waals surface area contributed by atoms with E-state index in [0.29, 0.717) is 17.1 Å². The molecule has 0 atom stereocenters. The summed E-state index contributed by atoms with van der Waals surface area (Å²) in [7, 11) is -0.988. The van der Waals surface area contributed by atoms with Gasteiger partial charge in [0, 0.05) is 17.7 Å². The largest absolute Gasteiger partial charge is 0.557 e. The fraction of sp³-hybridized carbons (Fsp3) is 0.0952. The van der Waals surface area contributed by atoms with Crippen LogP contribution in [0.2, 0.25) is 0 Å². The number of hydrazone groups is 1. The summed E-state index contributed by atoms with van der Waals surface area (Å²) in [6.07, 6.45) is 1.31. The van der Waals surface area contributed by atoms with Crippen molar-refractivity contribution in [2.75, 3.05) is 14.2 Å². The topological polar surface area (TPSA) is 98.6 Å². The maximum atomic E-state index is 13.4. The third-order valence-electron chi connectivity index (χ3n) is 3.85. The Balaban J connectivity index is 1.86. The van der Waals surface area contributed by atoms with E-state index in [1.54, 1.807) is 66.7 Å². The number of benzene rings is 3. The Morgan fingerprint density at radius 1 is 0.833 bits per heavy atom. The van der Waals surface area contributed by atoms with E-state index in [-0.39, 0.29) is 17.2 Å². The lowest BCUT2D eigenvalue weighted by Gasteiger charge is -2.19. The number of nitrogens with zero attached hydrogens (tertiary/aromatic N) is 1. The number of ether oxygens (including phenoxy) is 2. The Kier molecular flexibility index (Phi) is 6.83. The van der Waals surface area contributed by atoms with Crippen LogP contribution in [-0.2, 0) is 4.57 Å². The first-order chi connectivity index (χ1) is 14.5. The van der Waals surface area contributed by atoms with Crippen LogP contribution in [-0.4, -0.2) is 25.5 Å². The van der Waals surface area contributed by atoms with Gasteiger partial charge in [0.15, 0.2) is 0 Å². The second-order valence-electron chi connectivity index (χ2n) is 5.96. The lowest BCUT2D eigenvalue weighted by Crippen LogP contribution is -2.14. The molecule has 3 aromatic rings. The first-order valence-corrected chi connectivity index (χ1v) is 10.4. The molecule has 0 unspecified atom stereocenters. The van der Waals surface area contributed by atoms with Crippen LogP contribution < -0.4 is 23.7 Å². The molecule has 0 aliphatic carbocycles. The Hall–Kier alpha value is -3.64. The van der Waals surface area contributed by atoms with Gasteiger partial charge in [-0.1, -0.05) is 24.3 Å². The molecule has 0 amide bonds. The maximum absolute atomic E-state index is 13.4. The zero-order chi connectivity index (χ0) is 21.4. The van der Waals surface area contributed by atoms with Gasteiger partial charge in [-0.15, -0.1) is 0 Å². The summed E-state index contributed by atoms with van der Waals surface area (Å²) in [6.45, 7) is 0. The molecule has 0 heterocycles. The minimum absolute atomic E-state index is 0.0281. The molecule has 3 rings (SSSR count). The van der Waals surface area contributed by atoms with Crippen LogP contribution in [0.1, 0.15) is 5.56 Å². The molecule has 8 nitrogen and oxygen atoms in total. The summed E-state index contributed by atoms with van der Waals surface area (Å²) in [5, 5.41) is 16.2. The number of para-hydroxylation sites is 1. The van der Waals surface area contributed by atoms with Crippen LogP contribution in [0.25, 0.3) is 0 Å². The monoisotopic (exact) mass is 428 g/mol. The maximum Gasteiger partial charge on any atom is 0.557 e. The van der Waals surface area contributed by atoms with Gasteiger partial charge in [0.2, 0.25) is 0 Å². The van der Waals surface area contributed by atoms with Crippen molar-refractivity contribution in [3.8, 4) is 28.7 Å². The Morgan fingerprint density at radius 3 is 1.90 bits per heavy atom. The Labute approximate surface area is 174 Å². The molecule has 0 aliphatic rings. The van der Waals surface area contributed by atoms with Crippen molar-refractivity contribution in [2.24, 2.45) is 5.10 Å². The quantitative estimate of drug-likeness (QED) is 0.292. The van der Waals surface area contributed by atoms with Crippen molar-refractivity contribution in [3.63, 3.8) is 0 Å². The molecule has 0 saturated heterocycles. The molecule has 0 fully saturated rings. The van der Waals surface area contributed by atoms with Crippen molar-refractivity contribution in [2.45, 2.75) is 0 Å². The van der Waals surface area contributed by atoms with Gasteiger partial charge in [0.1, 0.15) is 28.7 Å². The number of hydrogen-bond acceptors (Lipinski definition) is 7. The standard InChI is InChI=1S/C21H21N2O6P/c1-26-17-8-5-10-19(13-17)28-30(25,29-20-11-6-9-18(14-20)27-2)23-22-15-16-7-3-4-12-21(16)24/h3-15,24H,1-2H3,(H,23,25). The second kappa shape index (κ2) is 9.71. The summed E-state index contributed by atoms with van der Waals surface area (Å²) in [5.74, 6) is 1.59. The summed E-state index contributed by atoms with van der Waals surface area (Å²) in [6, 6.07) is 19.8. The lowest BCUT2D eigenvalue weighted by molar-refractivity contribution is 0.367. The van der Waals surface area contributed by atoms with Gasteiger partial charge >= 0.3 is 7.75 Å². The van der Waals surface area contributed by atoms with Crippen molar-refractivity contribution in [1.82, 2.24) is 5.20 Å². The number of methoxy groups -OCH3 is 2. The fourth-order valence-electron chi connectivity index (χ4n) is 2.42. The molecule has 2 N–H and O–H groups in total. The molecular weight excluding hydrogens is 407 g/mol. The average Bonchev–Trinajstić information content (AvgIpc) is 2.75. The van der Waals surface area contributed by atoms with E-state index < -0.39 is 7.75 Å². The highest BCUT2D eigenvalue weighted by molar-refractivity contribution is 7.52. The van der Waals surface area contributed by atoms with Crippen molar-refractivity contribution in [3.05, 3.63) is 78.4 Å². The molecule has 0 aromatic heterocycles. The van der Waals surface area contributed by atoms with E-state index >= 15 is 0 Å². The minimum atomic E-state index is -4.02. The smallest absolute Gasteiger partial charge is 0.507 e. The molecule has 0 aliphatic heterocycles. The number of aromatic hydroxyl groups is 1. The molecule has 30 heavy (non-hydrogen) atoms. The van der Waals surface area contributed by atoms with Crippen molar-refractivity contribution < 1.29 is 28.2 Å². The third kappa shape index (κ3) is 5.68. The summed E-state index contributed by atoms with van der Waals surface area (Å²) < 4.78 is 35.0. The molecule has 9 heteroatoms. The minimum Gasteiger partial charge on any atom is -0.507 e. The van der Waals surface area contributed by atoms with E-state index in [4.69, 9.17) is 18.5 Å². The number of rotatable bonds is 9. The summed E-state index contributed by atoms with van der Waals surface area (Å²) >= 11 is 0. The van der Waals surface area contributed by atoms with Crippen LogP contribution in [0.4, 0.5) is 0 Å². The van der Waals surface area contributed by atoms with Crippen molar-refractivity contribution >= 4 is 14.0 Å². The highest BCUT2D eigenvalue weighted by atomic mass is 31.2. The zero-order valence-electron chi connectivity index (χ0n) is 16.4. The van der Waals surface area contributed by atoms with E-state index in [1.165, 1.54) is 26.5 Å². The molecular formula is C21H21N2O6P. The second-order valence-corrected chi connectivity index (χ2v) is 7.52. The highest BCUT2D eigenvalue weighted by Gasteiger charge is 2.29. The number of hydrogen-bond donors (Lipinski definition) is 2. The molecule has 0 bridgehead atoms. The third-order valence-corrected chi connectivity index (χ3v) is 5.12. The number of nitrogens with one attached hydrogen (secondary N) is 1. The van der Waals surface area contributed by atoms with E-state index in [0.717, 1.165) is 0 Å². The van der Waals surface area contributed by atoms with Gasteiger partial charge < -0.3 is 23.6 Å². The molecule has 0 radical (unpaired) electrons. The van der Waals surface area contributed by atoms with Crippen molar-refractivity contribution in [1.29, 1.82) is 0 Å². The van der Waals surface area contributed by atoms with Gasteiger partial charge in [-0.2, -0.15) is 10.3 Å². The first-order valence-electron chi connectivity index (χ1n) is 8.87. The lowest BCUT2D eigenvalue weighted by atomic mass is 10.2. The normalized spacial score (nSPS) is 11.1. The van der Waals surface area contributed by atoms with Crippen LogP contribution >= 0.6 is 7.75 Å². The average molecular weight is 428 g/mol. The van der Waals surface area contributed by atoms with Gasteiger partial charge in [0.05, 0.1) is 20.4 Å². The molecule has 0 saturated carbocycles. The van der Waals surface area contributed by atoms with Gasteiger partial charge in [-0.25, -0.2) is 4.57 Å². The summed E-state index contributed by atoms with van der Waals surface area (Å²) in [5.41, 5.74) is 0.430. The van der Waals surface area contributed by atoms with E-state index in [2.05, 4.69) is 10.3 Å². The SMILES string of the molecule is COc1cccc(OP(=O)(NN=Cc2ccccc2O)Oc2cccc(OC)c2)c1. The van der Waals surface area contributed by atoms with Crippen LogP contribution in [0, 0.1) is 0 Å². The predicted molar refractivity (Wildman–Crippen MR) is 114 cm³/mol. The van der Waals surface area contributed by atoms with Crippen LogP contribution in [0.3, 0.4) is 0 Å². The summed E-state index contributed by atoms with van der Waals surface area (Å²) in [4.78, 5) is 0. The Morgan fingerprint density at radius 2 is 1.37 bits per heavy atom. The van der Waals surface area contributed by atoms with Gasteiger partial charge in [0.25, 0.3) is 0 Å². The van der Waals surface area contributed by atoms with Gasteiger partial charge in [-0.05, 0) is 36.4 Å². The molecule has 156 valence electrons. The predicted octanol–water partition coefficient (Wildman–Crippen LogP) is 4.60. The highest BCUT2D eigenvalue weighted by Crippen LogP contribution is 2.45. The first kappa shape index (κ1) is 21.1. The van der Waals surface area contributed by atoms with E-state index in [9.17, 15) is 9.67 Å². The zero-order valence-corrected chi connectivity index (χ0v) is 17.3. The van der Waals surface area contributed by atoms with Gasteiger partial charge in [-0.3, -0.25) is 0 Å². The van der Waals surface area contributed by atoms with Crippen LogP contribution in [0.15, 0.2) is 77.9 Å². The van der Waals surface area contributed by atoms with E-state index in [1.807, 2.05) is 0 Å². The van der Waals surface area contributed by atoms with Crippen LogP contribution in [0.5, 0.6) is 28.7 Å².